The Balaban J connectivity index is 1.72. The Labute approximate surface area is 178 Å². The molecule has 0 atom stereocenters. The fourth-order valence-electron chi connectivity index (χ4n) is 3.71. The fourth-order valence-corrected chi connectivity index (χ4v) is 3.71. The second kappa shape index (κ2) is 8.07. The van der Waals surface area contributed by atoms with Crippen molar-refractivity contribution in [2.24, 2.45) is 5.41 Å². The molecule has 162 valence electrons. The lowest BCUT2D eigenvalue weighted by Crippen LogP contribution is -2.34. The number of oxazole rings is 1. The number of anilines is 1. The number of benzene rings is 1. The maximum atomic E-state index is 14.5. The SMILES string of the molecule is CN(C)CC(C)(C)CNc1nccc(-c2c(-c3ccc(F)cc3F)nc3occn23)n1. The molecule has 4 rings (SSSR count). The third kappa shape index (κ3) is 4.41. The summed E-state index contributed by atoms with van der Waals surface area (Å²) >= 11 is 0. The van der Waals surface area contributed by atoms with Crippen molar-refractivity contribution in [3.63, 3.8) is 0 Å². The molecule has 0 spiro atoms. The second-order valence-electron chi connectivity index (χ2n) is 8.51. The molecule has 0 radical (unpaired) electrons. The molecule has 7 nitrogen and oxygen atoms in total. The first-order valence-electron chi connectivity index (χ1n) is 9.86. The average molecular weight is 426 g/mol. The highest BCUT2D eigenvalue weighted by molar-refractivity contribution is 5.80. The summed E-state index contributed by atoms with van der Waals surface area (Å²) in [5.41, 5.74) is 1.55. The van der Waals surface area contributed by atoms with Crippen LogP contribution in [0.25, 0.3) is 28.5 Å². The monoisotopic (exact) mass is 426 g/mol. The van der Waals surface area contributed by atoms with Gasteiger partial charge in [-0.25, -0.2) is 18.7 Å². The molecule has 0 fully saturated rings. The van der Waals surface area contributed by atoms with Gasteiger partial charge in [-0.3, -0.25) is 4.40 Å². The molecule has 31 heavy (non-hydrogen) atoms. The van der Waals surface area contributed by atoms with Crippen LogP contribution >= 0.6 is 0 Å². The average Bonchev–Trinajstić information content (AvgIpc) is 3.27. The van der Waals surface area contributed by atoms with E-state index in [0.29, 0.717) is 29.6 Å². The minimum absolute atomic E-state index is 0.000295. The first-order chi connectivity index (χ1) is 14.7. The van der Waals surface area contributed by atoms with Crippen molar-refractivity contribution in [1.82, 2.24) is 24.3 Å². The van der Waals surface area contributed by atoms with E-state index in [1.165, 1.54) is 18.4 Å². The largest absolute Gasteiger partial charge is 0.432 e. The molecular weight excluding hydrogens is 402 g/mol. The lowest BCUT2D eigenvalue weighted by molar-refractivity contribution is 0.254. The van der Waals surface area contributed by atoms with Crippen molar-refractivity contribution in [2.75, 3.05) is 32.5 Å². The van der Waals surface area contributed by atoms with Crippen molar-refractivity contribution in [1.29, 1.82) is 0 Å². The summed E-state index contributed by atoms with van der Waals surface area (Å²) < 4.78 is 35.0. The van der Waals surface area contributed by atoms with Gasteiger partial charge in [-0.2, -0.15) is 4.98 Å². The number of imidazole rings is 1. The number of nitrogens with one attached hydrogen (secondary N) is 1. The molecule has 0 amide bonds. The van der Waals surface area contributed by atoms with Crippen LogP contribution < -0.4 is 5.32 Å². The van der Waals surface area contributed by atoms with E-state index in [4.69, 9.17) is 4.42 Å². The first-order valence-corrected chi connectivity index (χ1v) is 9.86. The Morgan fingerprint density at radius 2 is 1.97 bits per heavy atom. The van der Waals surface area contributed by atoms with Crippen LogP contribution in [-0.4, -0.2) is 51.4 Å². The van der Waals surface area contributed by atoms with Gasteiger partial charge in [0, 0.05) is 37.1 Å². The molecule has 9 heteroatoms. The minimum atomic E-state index is -0.708. The normalized spacial score (nSPS) is 12.1. The summed E-state index contributed by atoms with van der Waals surface area (Å²) in [7, 11) is 4.07. The summed E-state index contributed by atoms with van der Waals surface area (Å²) in [6, 6.07) is 5.11. The van der Waals surface area contributed by atoms with Crippen LogP contribution in [0.15, 0.2) is 47.3 Å². The molecule has 0 saturated carbocycles. The molecule has 0 unspecified atom stereocenters. The maximum Gasteiger partial charge on any atom is 0.306 e. The Kier molecular flexibility index (Phi) is 5.45. The standard InChI is InChI=1S/C22H24F2N6O/c1-22(2,13-29(3)4)12-26-20-25-8-7-17(27-20)19-18(28-21-30(19)9-10-31-21)15-6-5-14(23)11-16(15)24/h5-11H,12-13H2,1-4H3,(H,25,26,27). The number of nitrogens with zero attached hydrogens (tertiary/aromatic N) is 5. The van der Waals surface area contributed by atoms with Crippen LogP contribution in [0.3, 0.4) is 0 Å². The van der Waals surface area contributed by atoms with Gasteiger partial charge in [0.25, 0.3) is 0 Å². The molecule has 1 aromatic carbocycles. The van der Waals surface area contributed by atoms with E-state index in [2.05, 4.69) is 39.0 Å². The lowest BCUT2D eigenvalue weighted by Gasteiger charge is -2.28. The highest BCUT2D eigenvalue weighted by Gasteiger charge is 2.23. The number of aromatic nitrogens is 4. The number of hydrogen-bond acceptors (Lipinski definition) is 6. The van der Waals surface area contributed by atoms with Gasteiger partial charge in [0.1, 0.15) is 29.3 Å². The van der Waals surface area contributed by atoms with Crippen molar-refractivity contribution < 1.29 is 13.2 Å². The number of fused-ring (bicyclic) bond motifs is 1. The maximum absolute atomic E-state index is 14.5. The number of rotatable bonds is 7. The van der Waals surface area contributed by atoms with Gasteiger partial charge < -0.3 is 14.6 Å². The summed E-state index contributed by atoms with van der Waals surface area (Å²) in [6.07, 6.45) is 4.80. The molecule has 0 saturated heterocycles. The molecule has 3 aromatic heterocycles. The van der Waals surface area contributed by atoms with Crippen molar-refractivity contribution in [3.05, 3.63) is 54.6 Å². The molecule has 0 aliphatic carbocycles. The predicted octanol–water partition coefficient (Wildman–Crippen LogP) is 4.33. The van der Waals surface area contributed by atoms with Crippen LogP contribution in [-0.2, 0) is 0 Å². The van der Waals surface area contributed by atoms with Gasteiger partial charge >= 0.3 is 5.84 Å². The van der Waals surface area contributed by atoms with E-state index in [9.17, 15) is 8.78 Å². The molecule has 4 aromatic rings. The quantitative estimate of drug-likeness (QED) is 0.474. The lowest BCUT2D eigenvalue weighted by atomic mass is 9.93. The molecule has 0 bridgehead atoms. The third-order valence-corrected chi connectivity index (χ3v) is 4.82. The highest BCUT2D eigenvalue weighted by atomic mass is 19.1. The van der Waals surface area contributed by atoms with E-state index in [-0.39, 0.29) is 16.8 Å². The van der Waals surface area contributed by atoms with E-state index < -0.39 is 11.6 Å². The van der Waals surface area contributed by atoms with Gasteiger partial charge in [-0.05, 0) is 37.7 Å². The van der Waals surface area contributed by atoms with Crippen molar-refractivity contribution in [3.8, 4) is 22.6 Å². The molecule has 3 heterocycles. The molecular formula is C22H24F2N6O. The third-order valence-electron chi connectivity index (χ3n) is 4.82. The molecule has 0 aliphatic rings. The zero-order chi connectivity index (χ0) is 22.2. The smallest absolute Gasteiger partial charge is 0.306 e. The van der Waals surface area contributed by atoms with Crippen molar-refractivity contribution in [2.45, 2.75) is 13.8 Å². The Morgan fingerprint density at radius 3 is 2.71 bits per heavy atom. The van der Waals surface area contributed by atoms with Gasteiger partial charge in [0.2, 0.25) is 5.95 Å². The van der Waals surface area contributed by atoms with Gasteiger partial charge in [0.05, 0.1) is 5.69 Å². The Bertz CT molecular complexity index is 1210. The first kappa shape index (κ1) is 20.9. The molecule has 1 N–H and O–H groups in total. The zero-order valence-corrected chi connectivity index (χ0v) is 17.9. The van der Waals surface area contributed by atoms with Crippen LogP contribution in [0.2, 0.25) is 0 Å². The summed E-state index contributed by atoms with van der Waals surface area (Å²) in [5, 5.41) is 3.29. The van der Waals surface area contributed by atoms with Crippen molar-refractivity contribution >= 4 is 11.8 Å². The minimum Gasteiger partial charge on any atom is -0.432 e. The van der Waals surface area contributed by atoms with Crippen LogP contribution in [0.5, 0.6) is 0 Å². The summed E-state index contributed by atoms with van der Waals surface area (Å²) in [6.45, 7) is 5.88. The van der Waals surface area contributed by atoms with Crippen LogP contribution in [0.4, 0.5) is 14.7 Å². The van der Waals surface area contributed by atoms with Crippen LogP contribution in [0.1, 0.15) is 13.8 Å². The van der Waals surface area contributed by atoms with Gasteiger partial charge in [-0.1, -0.05) is 13.8 Å². The van der Waals surface area contributed by atoms with Gasteiger partial charge in [0.15, 0.2) is 0 Å². The molecule has 0 aliphatic heterocycles. The van der Waals surface area contributed by atoms with E-state index >= 15 is 0 Å². The number of hydrogen-bond donors (Lipinski definition) is 1. The predicted molar refractivity (Wildman–Crippen MR) is 115 cm³/mol. The zero-order valence-electron chi connectivity index (χ0n) is 17.9. The Hall–Kier alpha value is -3.33. The Morgan fingerprint density at radius 1 is 1.16 bits per heavy atom. The topological polar surface area (TPSA) is 71.5 Å². The highest BCUT2D eigenvalue weighted by Crippen LogP contribution is 2.34. The van der Waals surface area contributed by atoms with Gasteiger partial charge in [-0.15, -0.1) is 0 Å². The summed E-state index contributed by atoms with van der Waals surface area (Å²) in [5.74, 6) is -0.623. The van der Waals surface area contributed by atoms with E-state index in [1.807, 2.05) is 14.1 Å². The number of halogens is 2. The fraction of sp³-hybridized carbons (Fsp3) is 0.318. The van der Waals surface area contributed by atoms with E-state index in [0.717, 1.165) is 12.6 Å². The summed E-state index contributed by atoms with van der Waals surface area (Å²) in [4.78, 5) is 15.5. The second-order valence-corrected chi connectivity index (χ2v) is 8.51. The van der Waals surface area contributed by atoms with Crippen LogP contribution in [0, 0.1) is 17.0 Å². The van der Waals surface area contributed by atoms with E-state index in [1.54, 1.807) is 22.9 Å².